The molecule has 0 spiro atoms. The van der Waals surface area contributed by atoms with E-state index in [0.717, 1.165) is 17.6 Å². The first kappa shape index (κ1) is 37.6. The molecule has 2 aliphatic rings. The van der Waals surface area contributed by atoms with E-state index in [4.69, 9.17) is 14.2 Å². The summed E-state index contributed by atoms with van der Waals surface area (Å²) in [4.78, 5) is 40.1. The second kappa shape index (κ2) is 13.9. The van der Waals surface area contributed by atoms with Gasteiger partial charge >= 0.3 is 24.4 Å². The number of alkyl halides is 6. The van der Waals surface area contributed by atoms with Gasteiger partial charge in [0.05, 0.1) is 31.4 Å². The molecule has 14 heteroatoms. The number of carbonyl (C=O) groups is 3. The highest BCUT2D eigenvalue weighted by atomic mass is 19.4. The van der Waals surface area contributed by atoms with Crippen LogP contribution in [-0.4, -0.2) is 55.7 Å². The van der Waals surface area contributed by atoms with Crippen molar-refractivity contribution in [2.24, 2.45) is 11.3 Å². The zero-order valence-corrected chi connectivity index (χ0v) is 28.3. The summed E-state index contributed by atoms with van der Waals surface area (Å²) in [6, 6.07) is 4.16. The van der Waals surface area contributed by atoms with Crippen LogP contribution in [0.25, 0.3) is 5.57 Å². The number of cyclic esters (lactones) is 1. The second-order valence-electron chi connectivity index (χ2n) is 13.6. The molecule has 2 aromatic carbocycles. The Bertz CT molecular complexity index is 1600. The molecule has 2 amide bonds. The minimum absolute atomic E-state index is 0.0301. The van der Waals surface area contributed by atoms with Gasteiger partial charge in [0, 0.05) is 17.7 Å². The van der Waals surface area contributed by atoms with Crippen LogP contribution in [-0.2, 0) is 26.6 Å². The van der Waals surface area contributed by atoms with E-state index in [1.807, 2.05) is 13.8 Å². The average molecular weight is 699 g/mol. The number of esters is 1. The monoisotopic (exact) mass is 698 g/mol. The molecule has 1 aliphatic heterocycles. The first-order valence-corrected chi connectivity index (χ1v) is 15.7. The molecule has 0 radical (unpaired) electrons. The molecular weight excluding hydrogens is 658 g/mol. The standard InChI is InChI=1S/C35H40F6N2O6/c1-18(2)28(31(45)48-7)42-30(44)20-8-9-27(47-6)26(14-20)25-10-11-33(4,5)16-22(25)17-43-19(3)29(49-32(43)46)21-12-23(34(36,37)38)15-24(13-21)35(39,40)41/h8-9,12-15,18-19,28-29H,10-11,16-17H2,1-7H3,(H,42,44)/t19-,28+,29-/m0/s1. The van der Waals surface area contributed by atoms with Crippen molar-refractivity contribution in [2.45, 2.75) is 84.4 Å². The van der Waals surface area contributed by atoms with E-state index in [1.54, 1.807) is 32.0 Å². The van der Waals surface area contributed by atoms with Crippen LogP contribution in [0, 0.1) is 11.3 Å². The van der Waals surface area contributed by atoms with Gasteiger partial charge in [-0.3, -0.25) is 9.69 Å². The molecule has 4 rings (SSSR count). The fourth-order valence-electron chi connectivity index (χ4n) is 6.33. The number of rotatable bonds is 9. The molecule has 49 heavy (non-hydrogen) atoms. The van der Waals surface area contributed by atoms with Gasteiger partial charge in [0.1, 0.15) is 17.9 Å². The maximum absolute atomic E-state index is 13.6. The minimum Gasteiger partial charge on any atom is -0.496 e. The van der Waals surface area contributed by atoms with E-state index in [-0.39, 0.29) is 29.5 Å². The van der Waals surface area contributed by atoms with Gasteiger partial charge in [-0.15, -0.1) is 0 Å². The van der Waals surface area contributed by atoms with Gasteiger partial charge in [-0.05, 0) is 90.6 Å². The lowest BCUT2D eigenvalue weighted by atomic mass is 9.72. The van der Waals surface area contributed by atoms with E-state index in [1.165, 1.54) is 26.0 Å². The number of halogens is 6. The predicted octanol–water partition coefficient (Wildman–Crippen LogP) is 8.21. The third-order valence-corrected chi connectivity index (χ3v) is 9.06. The highest BCUT2D eigenvalue weighted by Crippen LogP contribution is 2.46. The maximum Gasteiger partial charge on any atom is 0.416 e. The number of nitrogens with zero attached hydrogens (tertiary/aromatic N) is 1. The van der Waals surface area contributed by atoms with Crippen molar-refractivity contribution >= 4 is 23.5 Å². The van der Waals surface area contributed by atoms with Crippen LogP contribution < -0.4 is 10.1 Å². The zero-order chi connectivity index (χ0) is 36.6. The lowest BCUT2D eigenvalue weighted by Crippen LogP contribution is -2.45. The zero-order valence-electron chi connectivity index (χ0n) is 28.3. The van der Waals surface area contributed by atoms with Crippen LogP contribution in [0.5, 0.6) is 5.75 Å². The second-order valence-corrected chi connectivity index (χ2v) is 13.6. The molecule has 1 saturated heterocycles. The van der Waals surface area contributed by atoms with E-state index < -0.39 is 65.2 Å². The fraction of sp³-hybridized carbons (Fsp3) is 0.514. The van der Waals surface area contributed by atoms with Crippen molar-refractivity contribution in [3.63, 3.8) is 0 Å². The Kier molecular flexibility index (Phi) is 10.7. The van der Waals surface area contributed by atoms with Gasteiger partial charge in [0.25, 0.3) is 5.91 Å². The fourth-order valence-corrected chi connectivity index (χ4v) is 6.33. The van der Waals surface area contributed by atoms with Crippen molar-refractivity contribution < 1.29 is 54.9 Å². The van der Waals surface area contributed by atoms with E-state index in [2.05, 4.69) is 5.32 Å². The number of benzene rings is 2. The highest BCUT2D eigenvalue weighted by molar-refractivity contribution is 5.98. The molecule has 0 saturated carbocycles. The van der Waals surface area contributed by atoms with Gasteiger partial charge in [-0.25, -0.2) is 9.59 Å². The summed E-state index contributed by atoms with van der Waals surface area (Å²) in [6.07, 6.45) is -10.7. The SMILES string of the molecule is COC(=O)[C@H](NC(=O)c1ccc(OC)c(C2=C(CN3C(=O)O[C@H](c4cc(C(F)(F)F)cc(C(F)(F)F)c4)[C@@H]3C)CC(C)(C)CC2)c1)C(C)C. The van der Waals surface area contributed by atoms with E-state index in [9.17, 15) is 40.7 Å². The van der Waals surface area contributed by atoms with Gasteiger partial charge < -0.3 is 19.5 Å². The predicted molar refractivity (Wildman–Crippen MR) is 167 cm³/mol. The molecule has 0 unspecified atom stereocenters. The Labute approximate surface area is 280 Å². The third-order valence-electron chi connectivity index (χ3n) is 9.06. The number of ether oxygens (including phenoxy) is 3. The molecule has 3 atom stereocenters. The summed E-state index contributed by atoms with van der Waals surface area (Å²) in [5.74, 6) is -0.937. The highest BCUT2D eigenvalue weighted by Gasteiger charge is 2.44. The van der Waals surface area contributed by atoms with Crippen molar-refractivity contribution in [1.82, 2.24) is 10.2 Å². The van der Waals surface area contributed by atoms with Crippen LogP contribution in [0.15, 0.2) is 42.0 Å². The van der Waals surface area contributed by atoms with Crippen molar-refractivity contribution in [3.8, 4) is 5.75 Å². The normalized spacial score (nSPS) is 20.3. The van der Waals surface area contributed by atoms with Crippen LogP contribution in [0.2, 0.25) is 0 Å². The van der Waals surface area contributed by atoms with Gasteiger partial charge in [0.2, 0.25) is 0 Å². The molecule has 1 fully saturated rings. The number of hydrogen-bond acceptors (Lipinski definition) is 6. The molecule has 1 N–H and O–H groups in total. The smallest absolute Gasteiger partial charge is 0.416 e. The van der Waals surface area contributed by atoms with Gasteiger partial charge in [-0.1, -0.05) is 27.7 Å². The van der Waals surface area contributed by atoms with Crippen LogP contribution in [0.4, 0.5) is 31.1 Å². The largest absolute Gasteiger partial charge is 0.496 e. The molecular formula is C35H40F6N2O6. The number of allylic oxidation sites excluding steroid dienone is 1. The third kappa shape index (κ3) is 8.33. The number of nitrogens with one attached hydrogen (secondary N) is 1. The first-order valence-electron chi connectivity index (χ1n) is 15.7. The van der Waals surface area contributed by atoms with Crippen LogP contribution >= 0.6 is 0 Å². The lowest BCUT2D eigenvalue weighted by Gasteiger charge is -2.36. The number of hydrogen-bond donors (Lipinski definition) is 1. The van der Waals surface area contributed by atoms with Crippen molar-refractivity contribution in [3.05, 3.63) is 69.8 Å². The molecule has 2 aromatic rings. The topological polar surface area (TPSA) is 94.2 Å². The molecule has 1 aliphatic carbocycles. The van der Waals surface area contributed by atoms with E-state index >= 15 is 0 Å². The number of carbonyl (C=O) groups excluding carboxylic acids is 3. The van der Waals surface area contributed by atoms with E-state index in [0.29, 0.717) is 36.3 Å². The van der Waals surface area contributed by atoms with Crippen molar-refractivity contribution in [2.75, 3.05) is 20.8 Å². The quantitative estimate of drug-likeness (QED) is 0.210. The summed E-state index contributed by atoms with van der Waals surface area (Å²) in [5.41, 5.74) is -1.28. The minimum atomic E-state index is -5.06. The number of methoxy groups -OCH3 is 2. The lowest BCUT2D eigenvalue weighted by molar-refractivity contribution is -0.144. The summed E-state index contributed by atoms with van der Waals surface area (Å²) < 4.78 is 97.5. The summed E-state index contributed by atoms with van der Waals surface area (Å²) in [6.45, 7) is 9.09. The van der Waals surface area contributed by atoms with Gasteiger partial charge in [0.15, 0.2) is 0 Å². The molecule has 1 heterocycles. The Hall–Kier alpha value is -4.23. The molecule has 268 valence electrons. The Morgan fingerprint density at radius 2 is 1.63 bits per heavy atom. The maximum atomic E-state index is 13.6. The van der Waals surface area contributed by atoms with Gasteiger partial charge in [-0.2, -0.15) is 26.3 Å². The first-order chi connectivity index (χ1) is 22.7. The Morgan fingerprint density at radius 1 is 1.02 bits per heavy atom. The average Bonchev–Trinajstić information content (AvgIpc) is 3.29. The summed E-state index contributed by atoms with van der Waals surface area (Å²) >= 11 is 0. The summed E-state index contributed by atoms with van der Waals surface area (Å²) in [7, 11) is 2.69. The Balaban J connectivity index is 1.73. The molecule has 0 aromatic heterocycles. The Morgan fingerprint density at radius 3 is 2.16 bits per heavy atom. The number of amides is 2. The molecule has 8 nitrogen and oxygen atoms in total. The van der Waals surface area contributed by atoms with Crippen LogP contribution in [0.1, 0.15) is 92.6 Å². The summed E-state index contributed by atoms with van der Waals surface area (Å²) in [5, 5.41) is 2.71. The van der Waals surface area contributed by atoms with Crippen LogP contribution in [0.3, 0.4) is 0 Å². The van der Waals surface area contributed by atoms with Crippen molar-refractivity contribution in [1.29, 1.82) is 0 Å². The molecule has 0 bridgehead atoms.